The van der Waals surface area contributed by atoms with Gasteiger partial charge in [-0.1, -0.05) is 19.8 Å². The van der Waals surface area contributed by atoms with Crippen molar-refractivity contribution < 1.29 is 13.5 Å². The lowest BCUT2D eigenvalue weighted by Crippen LogP contribution is -2.39. The van der Waals surface area contributed by atoms with E-state index >= 15 is 0 Å². The Balaban J connectivity index is 1.97. The molecule has 0 amide bonds. The van der Waals surface area contributed by atoms with Crippen molar-refractivity contribution in [2.24, 2.45) is 0 Å². The quantitative estimate of drug-likeness (QED) is 0.398. The first kappa shape index (κ1) is 21.7. The van der Waals surface area contributed by atoms with Crippen molar-refractivity contribution in [3.63, 3.8) is 0 Å². The Hall–Kier alpha value is -3.05. The Labute approximate surface area is 175 Å². The average molecular weight is 432 g/mol. The lowest BCUT2D eigenvalue weighted by atomic mass is 9.96. The Kier molecular flexibility index (Phi) is 6.32. The topological polar surface area (TPSA) is 156 Å². The van der Waals surface area contributed by atoms with E-state index in [0.717, 1.165) is 12.8 Å². The van der Waals surface area contributed by atoms with Gasteiger partial charge < -0.3 is 16.2 Å². The molecule has 0 aromatic carbocycles. The summed E-state index contributed by atoms with van der Waals surface area (Å²) in [7, 11) is -3.88. The minimum Gasteiger partial charge on any atom is -0.394 e. The molecule has 0 aliphatic carbocycles. The number of hydrogen-bond acceptors (Lipinski definition) is 9. The van der Waals surface area contributed by atoms with Crippen molar-refractivity contribution in [2.45, 2.75) is 43.5 Å². The first-order chi connectivity index (χ1) is 14.3. The molecule has 3 aromatic rings. The Bertz CT molecular complexity index is 1130. The summed E-state index contributed by atoms with van der Waals surface area (Å²) in [5, 5.41) is 13.1. The number of nitrogens with one attached hydrogen (secondary N) is 2. The number of nitrogen functional groups attached to an aromatic ring is 1. The van der Waals surface area contributed by atoms with E-state index in [-0.39, 0.29) is 23.0 Å². The average Bonchev–Trinajstić information content (AvgIpc) is 2.72. The van der Waals surface area contributed by atoms with Gasteiger partial charge in [-0.3, -0.25) is 9.71 Å². The molecule has 3 aromatic heterocycles. The molecule has 3 rings (SSSR count). The number of fused-ring (bicyclic) bond motifs is 1. The highest BCUT2D eigenvalue weighted by molar-refractivity contribution is 7.92. The Morgan fingerprint density at radius 2 is 1.97 bits per heavy atom. The largest absolute Gasteiger partial charge is 0.394 e. The van der Waals surface area contributed by atoms with E-state index in [4.69, 9.17) is 5.73 Å². The van der Waals surface area contributed by atoms with E-state index in [1.807, 2.05) is 6.92 Å². The fourth-order valence-electron chi connectivity index (χ4n) is 2.92. The van der Waals surface area contributed by atoms with E-state index in [9.17, 15) is 13.5 Å². The van der Waals surface area contributed by atoms with Gasteiger partial charge in [0, 0.05) is 18.6 Å². The number of pyridine rings is 2. The van der Waals surface area contributed by atoms with Gasteiger partial charge in [-0.15, -0.1) is 0 Å². The second kappa shape index (κ2) is 8.76. The summed E-state index contributed by atoms with van der Waals surface area (Å²) in [6.45, 7) is 3.84. The molecule has 1 atom stereocenters. The molecule has 11 heteroatoms. The molecule has 0 bridgehead atoms. The highest BCUT2D eigenvalue weighted by Gasteiger charge is 2.25. The van der Waals surface area contributed by atoms with Gasteiger partial charge in [0.2, 0.25) is 5.95 Å². The normalized spacial score (nSPS) is 13.7. The maximum absolute atomic E-state index is 12.7. The molecule has 0 saturated heterocycles. The van der Waals surface area contributed by atoms with Crippen LogP contribution in [0.5, 0.6) is 0 Å². The van der Waals surface area contributed by atoms with Gasteiger partial charge in [-0.05, 0) is 31.5 Å². The molecule has 10 nitrogen and oxygen atoms in total. The van der Waals surface area contributed by atoms with E-state index < -0.39 is 15.6 Å². The predicted octanol–water partition coefficient (Wildman–Crippen LogP) is 2.16. The van der Waals surface area contributed by atoms with Crippen LogP contribution in [0.25, 0.3) is 11.0 Å². The number of aliphatic hydroxyl groups excluding tert-OH is 1. The zero-order chi connectivity index (χ0) is 21.8. The number of aromatic nitrogens is 4. The number of anilines is 3. The summed E-state index contributed by atoms with van der Waals surface area (Å²) in [6, 6.07) is 4.47. The van der Waals surface area contributed by atoms with Gasteiger partial charge >= 0.3 is 0 Å². The molecule has 0 fully saturated rings. The minimum atomic E-state index is -3.88. The maximum atomic E-state index is 12.7. The van der Waals surface area contributed by atoms with Crippen LogP contribution in [0.4, 0.5) is 17.5 Å². The van der Waals surface area contributed by atoms with E-state index in [2.05, 4.69) is 36.9 Å². The summed E-state index contributed by atoms with van der Waals surface area (Å²) in [5.74, 6) is 0.315. The first-order valence-corrected chi connectivity index (χ1v) is 11.0. The van der Waals surface area contributed by atoms with Crippen molar-refractivity contribution in [2.75, 3.05) is 22.4 Å². The summed E-state index contributed by atoms with van der Waals surface area (Å²) in [5.41, 5.74) is 6.24. The molecule has 5 N–H and O–H groups in total. The fourth-order valence-corrected chi connectivity index (χ4v) is 3.94. The SMILES string of the molecule is CCCC[C@](C)(CO)Nc1nc(N)nc2cc(S(=O)(=O)Nc3ccncc3)cnc12. The van der Waals surface area contributed by atoms with Crippen molar-refractivity contribution in [1.29, 1.82) is 0 Å². The van der Waals surface area contributed by atoms with Gasteiger partial charge in [-0.25, -0.2) is 18.4 Å². The van der Waals surface area contributed by atoms with E-state index in [0.29, 0.717) is 23.4 Å². The van der Waals surface area contributed by atoms with Crippen molar-refractivity contribution in [3.8, 4) is 0 Å². The van der Waals surface area contributed by atoms with Gasteiger partial charge in [0.15, 0.2) is 5.82 Å². The van der Waals surface area contributed by atoms with Crippen LogP contribution in [0.1, 0.15) is 33.1 Å². The monoisotopic (exact) mass is 431 g/mol. The Morgan fingerprint density at radius 3 is 2.63 bits per heavy atom. The first-order valence-electron chi connectivity index (χ1n) is 9.51. The van der Waals surface area contributed by atoms with Crippen LogP contribution < -0.4 is 15.8 Å². The molecule has 3 heterocycles. The molecule has 0 saturated carbocycles. The number of hydrogen-bond donors (Lipinski definition) is 4. The molecular weight excluding hydrogens is 406 g/mol. The van der Waals surface area contributed by atoms with Gasteiger partial charge in [0.25, 0.3) is 10.0 Å². The lowest BCUT2D eigenvalue weighted by Gasteiger charge is -2.29. The third-order valence-corrected chi connectivity index (χ3v) is 5.97. The lowest BCUT2D eigenvalue weighted by molar-refractivity contribution is 0.212. The Morgan fingerprint density at radius 1 is 1.23 bits per heavy atom. The molecule has 160 valence electrons. The number of aliphatic hydroxyl groups is 1. The summed E-state index contributed by atoms with van der Waals surface area (Å²) in [4.78, 5) is 16.4. The van der Waals surface area contributed by atoms with Crippen molar-refractivity contribution in [1.82, 2.24) is 19.9 Å². The summed E-state index contributed by atoms with van der Waals surface area (Å²) in [6.07, 6.45) is 6.82. The zero-order valence-corrected chi connectivity index (χ0v) is 17.6. The molecule has 0 spiro atoms. The minimum absolute atomic E-state index is 0.0285. The van der Waals surface area contributed by atoms with Crippen LogP contribution in [0.15, 0.2) is 41.7 Å². The zero-order valence-electron chi connectivity index (χ0n) is 16.8. The van der Waals surface area contributed by atoms with Crippen LogP contribution >= 0.6 is 0 Å². The highest BCUT2D eigenvalue weighted by atomic mass is 32.2. The van der Waals surface area contributed by atoms with Crippen LogP contribution in [-0.2, 0) is 10.0 Å². The smallest absolute Gasteiger partial charge is 0.263 e. The van der Waals surface area contributed by atoms with E-state index in [1.165, 1.54) is 24.7 Å². The predicted molar refractivity (Wildman–Crippen MR) is 115 cm³/mol. The van der Waals surface area contributed by atoms with Gasteiger partial charge in [-0.2, -0.15) is 4.98 Å². The number of nitrogens with zero attached hydrogens (tertiary/aromatic N) is 4. The molecule has 0 aliphatic heterocycles. The van der Waals surface area contributed by atoms with Crippen LogP contribution in [-0.4, -0.2) is 45.6 Å². The van der Waals surface area contributed by atoms with Crippen LogP contribution in [0, 0.1) is 0 Å². The van der Waals surface area contributed by atoms with Crippen molar-refractivity contribution >= 4 is 38.5 Å². The number of rotatable bonds is 9. The van der Waals surface area contributed by atoms with Gasteiger partial charge in [0.1, 0.15) is 10.4 Å². The third-order valence-electron chi connectivity index (χ3n) is 4.62. The van der Waals surface area contributed by atoms with Crippen molar-refractivity contribution in [3.05, 3.63) is 36.8 Å². The highest BCUT2D eigenvalue weighted by Crippen LogP contribution is 2.27. The molecule has 30 heavy (non-hydrogen) atoms. The van der Waals surface area contributed by atoms with Crippen LogP contribution in [0.3, 0.4) is 0 Å². The number of sulfonamides is 1. The fraction of sp³-hybridized carbons (Fsp3) is 0.368. The van der Waals surface area contributed by atoms with Gasteiger partial charge in [0.05, 0.1) is 23.3 Å². The second-order valence-corrected chi connectivity index (χ2v) is 8.94. The second-order valence-electron chi connectivity index (χ2n) is 7.26. The molecular formula is C19H25N7O3S. The molecule has 0 radical (unpaired) electrons. The summed E-state index contributed by atoms with van der Waals surface area (Å²) >= 11 is 0. The summed E-state index contributed by atoms with van der Waals surface area (Å²) < 4.78 is 27.9. The molecule has 0 unspecified atom stereocenters. The number of nitrogens with two attached hydrogens (primary N) is 1. The number of unbranched alkanes of at least 4 members (excludes halogenated alkanes) is 1. The standard InChI is InChI=1S/C19H25N7O3S/c1-3-4-7-19(2,12-27)25-17-16-15(23-18(20)24-17)10-14(11-22-16)30(28,29)26-13-5-8-21-9-6-13/h5-6,8-11,27H,3-4,7,12H2,1-2H3,(H,21,26)(H3,20,23,24,25)/t19-/m1/s1. The molecule has 0 aliphatic rings. The maximum Gasteiger partial charge on any atom is 0.263 e. The van der Waals surface area contributed by atoms with Crippen LogP contribution in [0.2, 0.25) is 0 Å². The third kappa shape index (κ3) is 4.92. The van der Waals surface area contributed by atoms with E-state index in [1.54, 1.807) is 12.1 Å².